The summed E-state index contributed by atoms with van der Waals surface area (Å²) in [5.74, 6) is 0.00181. The van der Waals surface area contributed by atoms with Crippen LogP contribution in [0.25, 0.3) is 0 Å². The molecule has 98 valence electrons. The number of nitrogens with zero attached hydrogens (tertiary/aromatic N) is 2. The molecule has 6 nitrogen and oxygen atoms in total. The molecule has 2 rings (SSSR count). The third-order valence-corrected chi connectivity index (χ3v) is 2.51. The number of ether oxygens (including phenoxy) is 1. The average Bonchev–Trinajstić information content (AvgIpc) is 2.46. The van der Waals surface area contributed by atoms with E-state index in [1.165, 1.54) is 19.2 Å². The summed E-state index contributed by atoms with van der Waals surface area (Å²) in [5, 5.41) is 19.9. The predicted molar refractivity (Wildman–Crippen MR) is 67.9 cm³/mol. The maximum absolute atomic E-state index is 11.9. The van der Waals surface area contributed by atoms with Crippen molar-refractivity contribution in [3.05, 3.63) is 47.8 Å². The molecule has 0 saturated carbocycles. The van der Waals surface area contributed by atoms with Crippen LogP contribution in [0.15, 0.2) is 36.5 Å². The first kappa shape index (κ1) is 12.8. The van der Waals surface area contributed by atoms with E-state index >= 15 is 0 Å². The maximum Gasteiger partial charge on any atom is 0.255 e. The third-order valence-electron chi connectivity index (χ3n) is 2.51. The number of hydrogen-bond acceptors (Lipinski definition) is 5. The van der Waals surface area contributed by atoms with Crippen LogP contribution >= 0.6 is 0 Å². The zero-order valence-corrected chi connectivity index (χ0v) is 10.3. The second-order valence-corrected chi connectivity index (χ2v) is 3.78. The van der Waals surface area contributed by atoms with Crippen molar-refractivity contribution < 1.29 is 14.6 Å². The minimum absolute atomic E-state index is 0.0996. The minimum Gasteiger partial charge on any atom is -0.507 e. The number of aromatic nitrogens is 2. The predicted octanol–water partition coefficient (Wildman–Crippen LogP) is 1.12. The number of nitrogens with one attached hydrogen (secondary N) is 1. The first-order valence-electron chi connectivity index (χ1n) is 5.62. The molecule has 0 fully saturated rings. The van der Waals surface area contributed by atoms with Crippen molar-refractivity contribution in [2.24, 2.45) is 0 Å². The van der Waals surface area contributed by atoms with Crippen LogP contribution in [0.2, 0.25) is 0 Å². The lowest BCUT2D eigenvalue weighted by atomic mass is 10.1. The van der Waals surface area contributed by atoms with Crippen LogP contribution in [0.5, 0.6) is 11.5 Å². The molecule has 2 N–H and O–H groups in total. The van der Waals surface area contributed by atoms with Crippen LogP contribution in [-0.2, 0) is 6.54 Å². The Morgan fingerprint density at radius 1 is 1.42 bits per heavy atom. The standard InChI is InChI=1S/C13H13N3O3/c1-19-10-4-5-12(17)11(7-10)13(18)14-8-9-3-2-6-15-16-9/h2-7,17H,8H2,1H3,(H,14,18). The fraction of sp³-hybridized carbons (Fsp3) is 0.154. The highest BCUT2D eigenvalue weighted by Crippen LogP contribution is 2.22. The van der Waals surface area contributed by atoms with Crippen LogP contribution in [-0.4, -0.2) is 28.3 Å². The van der Waals surface area contributed by atoms with Crippen molar-refractivity contribution >= 4 is 5.91 Å². The van der Waals surface area contributed by atoms with Crippen molar-refractivity contribution in [3.8, 4) is 11.5 Å². The topological polar surface area (TPSA) is 84.3 Å². The van der Waals surface area contributed by atoms with E-state index in [0.29, 0.717) is 11.4 Å². The smallest absolute Gasteiger partial charge is 0.255 e. The molecule has 0 atom stereocenters. The first-order chi connectivity index (χ1) is 9.20. The van der Waals surface area contributed by atoms with Gasteiger partial charge in [0, 0.05) is 6.20 Å². The Bertz CT molecular complexity index is 573. The summed E-state index contributed by atoms with van der Waals surface area (Å²) < 4.78 is 5.01. The number of hydrogen-bond donors (Lipinski definition) is 2. The van der Waals surface area contributed by atoms with Crippen molar-refractivity contribution in [2.45, 2.75) is 6.54 Å². The molecule has 0 unspecified atom stereocenters. The zero-order chi connectivity index (χ0) is 13.7. The monoisotopic (exact) mass is 259 g/mol. The van der Waals surface area contributed by atoms with Gasteiger partial charge in [0.15, 0.2) is 0 Å². The van der Waals surface area contributed by atoms with Gasteiger partial charge in [-0.25, -0.2) is 0 Å². The second kappa shape index (κ2) is 5.81. The molecular weight excluding hydrogens is 246 g/mol. The van der Waals surface area contributed by atoms with E-state index in [2.05, 4.69) is 15.5 Å². The Balaban J connectivity index is 2.08. The summed E-state index contributed by atoms with van der Waals surface area (Å²) in [7, 11) is 1.49. The fourth-order valence-electron chi connectivity index (χ4n) is 1.52. The minimum atomic E-state index is -0.401. The van der Waals surface area contributed by atoms with Crippen LogP contribution in [0.1, 0.15) is 16.1 Å². The average molecular weight is 259 g/mol. The van der Waals surface area contributed by atoms with Crippen molar-refractivity contribution in [2.75, 3.05) is 7.11 Å². The highest BCUT2D eigenvalue weighted by Gasteiger charge is 2.12. The molecule has 0 radical (unpaired) electrons. The lowest BCUT2D eigenvalue weighted by molar-refractivity contribution is 0.0947. The van der Waals surface area contributed by atoms with E-state index in [-0.39, 0.29) is 17.9 Å². The van der Waals surface area contributed by atoms with E-state index in [9.17, 15) is 9.90 Å². The number of methoxy groups -OCH3 is 1. The molecule has 0 aliphatic rings. The van der Waals surface area contributed by atoms with Gasteiger partial charge in [-0.1, -0.05) is 0 Å². The highest BCUT2D eigenvalue weighted by molar-refractivity contribution is 5.97. The summed E-state index contributed by atoms with van der Waals surface area (Å²) in [6.45, 7) is 0.239. The molecule has 1 heterocycles. The quantitative estimate of drug-likeness (QED) is 0.859. The molecule has 1 aromatic carbocycles. The Morgan fingerprint density at radius 2 is 2.26 bits per heavy atom. The highest BCUT2D eigenvalue weighted by atomic mass is 16.5. The Morgan fingerprint density at radius 3 is 2.95 bits per heavy atom. The van der Waals surface area contributed by atoms with Gasteiger partial charge in [-0.05, 0) is 30.3 Å². The molecule has 1 amide bonds. The number of aromatic hydroxyl groups is 1. The van der Waals surface area contributed by atoms with Crippen LogP contribution in [0.3, 0.4) is 0 Å². The van der Waals surface area contributed by atoms with Crippen molar-refractivity contribution in [1.82, 2.24) is 15.5 Å². The van der Waals surface area contributed by atoms with Gasteiger partial charge >= 0.3 is 0 Å². The first-order valence-corrected chi connectivity index (χ1v) is 5.62. The fourth-order valence-corrected chi connectivity index (χ4v) is 1.52. The van der Waals surface area contributed by atoms with Crippen LogP contribution in [0, 0.1) is 0 Å². The Hall–Kier alpha value is -2.63. The van der Waals surface area contributed by atoms with Gasteiger partial charge in [0.05, 0.1) is 24.9 Å². The van der Waals surface area contributed by atoms with E-state index < -0.39 is 5.91 Å². The SMILES string of the molecule is COc1ccc(O)c(C(=O)NCc2cccnn2)c1. The summed E-state index contributed by atoms with van der Waals surface area (Å²) >= 11 is 0. The Kier molecular flexibility index (Phi) is 3.92. The Labute approximate surface area is 110 Å². The van der Waals surface area contributed by atoms with Gasteiger partial charge < -0.3 is 15.2 Å². The number of amides is 1. The number of benzene rings is 1. The number of rotatable bonds is 4. The maximum atomic E-state index is 11.9. The van der Waals surface area contributed by atoms with Gasteiger partial charge in [-0.2, -0.15) is 10.2 Å². The molecular formula is C13H13N3O3. The molecule has 1 aromatic heterocycles. The third kappa shape index (κ3) is 3.19. The summed E-state index contributed by atoms with van der Waals surface area (Å²) in [4.78, 5) is 11.9. The van der Waals surface area contributed by atoms with Crippen LogP contribution < -0.4 is 10.1 Å². The van der Waals surface area contributed by atoms with Crippen molar-refractivity contribution in [1.29, 1.82) is 0 Å². The molecule has 0 aliphatic heterocycles. The summed E-state index contributed by atoms with van der Waals surface area (Å²) in [5.41, 5.74) is 0.793. The molecule has 2 aromatic rings. The molecule has 0 aliphatic carbocycles. The summed E-state index contributed by atoms with van der Waals surface area (Å²) in [6, 6.07) is 7.95. The zero-order valence-electron chi connectivity index (χ0n) is 10.3. The molecule has 0 saturated heterocycles. The lowest BCUT2D eigenvalue weighted by Crippen LogP contribution is -2.23. The molecule has 19 heavy (non-hydrogen) atoms. The second-order valence-electron chi connectivity index (χ2n) is 3.78. The van der Waals surface area contributed by atoms with Gasteiger partial charge in [-0.15, -0.1) is 0 Å². The molecule has 0 bridgehead atoms. The van der Waals surface area contributed by atoms with E-state index in [1.54, 1.807) is 24.4 Å². The van der Waals surface area contributed by atoms with Gasteiger partial charge in [0.1, 0.15) is 11.5 Å². The summed E-state index contributed by atoms with van der Waals surface area (Å²) in [6.07, 6.45) is 1.55. The normalized spacial score (nSPS) is 9.95. The van der Waals surface area contributed by atoms with E-state index in [1.807, 2.05) is 0 Å². The lowest BCUT2D eigenvalue weighted by Gasteiger charge is -2.08. The van der Waals surface area contributed by atoms with Crippen LogP contribution in [0.4, 0.5) is 0 Å². The van der Waals surface area contributed by atoms with Crippen molar-refractivity contribution in [3.63, 3.8) is 0 Å². The number of carbonyl (C=O) groups excluding carboxylic acids is 1. The number of phenolic OH excluding ortho intramolecular Hbond substituents is 1. The van der Waals surface area contributed by atoms with Gasteiger partial charge in [-0.3, -0.25) is 4.79 Å². The largest absolute Gasteiger partial charge is 0.507 e. The van der Waals surface area contributed by atoms with E-state index in [0.717, 1.165) is 0 Å². The molecule has 6 heteroatoms. The number of phenols is 1. The molecule has 0 spiro atoms. The van der Waals surface area contributed by atoms with Gasteiger partial charge in [0.2, 0.25) is 0 Å². The number of carbonyl (C=O) groups is 1. The van der Waals surface area contributed by atoms with E-state index in [4.69, 9.17) is 4.74 Å². The van der Waals surface area contributed by atoms with Gasteiger partial charge in [0.25, 0.3) is 5.91 Å².